The van der Waals surface area contributed by atoms with E-state index in [9.17, 15) is 0 Å². The van der Waals surface area contributed by atoms with Crippen molar-refractivity contribution in [3.05, 3.63) is 57.8 Å². The molecule has 0 saturated carbocycles. The maximum absolute atomic E-state index is 6.28. The maximum atomic E-state index is 6.28. The van der Waals surface area contributed by atoms with Crippen molar-refractivity contribution in [2.24, 2.45) is 0 Å². The van der Waals surface area contributed by atoms with Gasteiger partial charge in [0.2, 0.25) is 0 Å². The Bertz CT molecular complexity index is 781. The molecule has 0 amide bonds. The Balaban J connectivity index is 2.36. The quantitative estimate of drug-likeness (QED) is 0.526. The minimum Gasteiger partial charge on any atom is -0.295 e. The summed E-state index contributed by atoms with van der Waals surface area (Å²) in [5.41, 5.74) is 2.85. The molecule has 0 bridgehead atoms. The standard InChI is InChI=1S/C15H11BrCl2N2/c1-9(17)15-19-13-6-5-11(18)8-14(13)20(15)12-4-2-3-10(16)7-12/h2-9H,1H3. The first-order valence-corrected chi connectivity index (χ1v) is 7.75. The van der Waals surface area contributed by atoms with E-state index in [0.717, 1.165) is 27.0 Å². The van der Waals surface area contributed by atoms with Gasteiger partial charge in [-0.15, -0.1) is 11.6 Å². The lowest BCUT2D eigenvalue weighted by Gasteiger charge is -2.11. The number of benzene rings is 2. The van der Waals surface area contributed by atoms with Gasteiger partial charge in [0.05, 0.1) is 16.4 Å². The molecule has 2 nitrogen and oxygen atoms in total. The van der Waals surface area contributed by atoms with Gasteiger partial charge < -0.3 is 0 Å². The molecule has 1 heterocycles. The van der Waals surface area contributed by atoms with Crippen molar-refractivity contribution >= 4 is 50.2 Å². The van der Waals surface area contributed by atoms with Gasteiger partial charge in [0.1, 0.15) is 5.82 Å². The lowest BCUT2D eigenvalue weighted by atomic mass is 10.2. The van der Waals surface area contributed by atoms with Crippen LogP contribution in [0, 0.1) is 0 Å². The van der Waals surface area contributed by atoms with Crippen LogP contribution < -0.4 is 0 Å². The first-order valence-electron chi connectivity index (χ1n) is 6.14. The predicted octanol–water partition coefficient (Wildman–Crippen LogP) is 5.74. The van der Waals surface area contributed by atoms with Crippen LogP contribution in [0.4, 0.5) is 0 Å². The molecule has 102 valence electrons. The van der Waals surface area contributed by atoms with Crippen LogP contribution >= 0.6 is 39.1 Å². The van der Waals surface area contributed by atoms with Crippen molar-refractivity contribution in [1.29, 1.82) is 0 Å². The summed E-state index contributed by atoms with van der Waals surface area (Å²) in [7, 11) is 0. The summed E-state index contributed by atoms with van der Waals surface area (Å²) in [4.78, 5) is 4.62. The van der Waals surface area contributed by atoms with Gasteiger partial charge in [0.15, 0.2) is 0 Å². The fourth-order valence-electron chi connectivity index (χ4n) is 2.22. The minimum atomic E-state index is -0.194. The zero-order valence-electron chi connectivity index (χ0n) is 10.6. The molecule has 2 aromatic carbocycles. The van der Waals surface area contributed by atoms with Gasteiger partial charge in [-0.05, 0) is 43.3 Å². The molecular formula is C15H11BrCl2N2. The molecule has 0 aliphatic heterocycles. The second-order valence-electron chi connectivity index (χ2n) is 4.53. The average molecular weight is 370 g/mol. The monoisotopic (exact) mass is 368 g/mol. The van der Waals surface area contributed by atoms with E-state index in [1.807, 2.05) is 54.0 Å². The number of nitrogens with zero attached hydrogens (tertiary/aromatic N) is 2. The Morgan fingerprint density at radius 1 is 1.20 bits per heavy atom. The molecule has 0 radical (unpaired) electrons. The highest BCUT2D eigenvalue weighted by atomic mass is 79.9. The van der Waals surface area contributed by atoms with Crippen LogP contribution in [0.15, 0.2) is 46.9 Å². The summed E-state index contributed by atoms with van der Waals surface area (Å²) in [6, 6.07) is 13.7. The Kier molecular flexibility index (Phi) is 3.76. The minimum absolute atomic E-state index is 0.194. The summed E-state index contributed by atoms with van der Waals surface area (Å²) >= 11 is 15.9. The van der Waals surface area contributed by atoms with Crippen molar-refractivity contribution < 1.29 is 0 Å². The average Bonchev–Trinajstić information content (AvgIpc) is 2.77. The molecule has 3 rings (SSSR count). The van der Waals surface area contributed by atoms with Crippen molar-refractivity contribution in [3.8, 4) is 5.69 Å². The molecule has 0 spiro atoms. The molecule has 0 aliphatic rings. The third kappa shape index (κ3) is 2.46. The lowest BCUT2D eigenvalue weighted by Crippen LogP contribution is -2.01. The topological polar surface area (TPSA) is 17.8 Å². The number of fused-ring (bicyclic) bond motifs is 1. The van der Waals surface area contributed by atoms with Gasteiger partial charge in [0, 0.05) is 15.2 Å². The first kappa shape index (κ1) is 13.9. The van der Waals surface area contributed by atoms with E-state index >= 15 is 0 Å². The Hall–Kier alpha value is -1.03. The Morgan fingerprint density at radius 2 is 2.00 bits per heavy atom. The molecule has 5 heteroatoms. The molecular weight excluding hydrogens is 359 g/mol. The molecule has 1 atom stereocenters. The predicted molar refractivity (Wildman–Crippen MR) is 88.0 cm³/mol. The summed E-state index contributed by atoms with van der Waals surface area (Å²) in [5.74, 6) is 0.807. The van der Waals surface area contributed by atoms with Gasteiger partial charge in [-0.25, -0.2) is 4.98 Å². The van der Waals surface area contributed by atoms with Crippen LogP contribution in [-0.2, 0) is 0 Å². The zero-order chi connectivity index (χ0) is 14.3. The fraction of sp³-hybridized carbons (Fsp3) is 0.133. The smallest absolute Gasteiger partial charge is 0.132 e. The van der Waals surface area contributed by atoms with Crippen molar-refractivity contribution in [2.75, 3.05) is 0 Å². The second-order valence-corrected chi connectivity index (χ2v) is 6.54. The molecule has 0 saturated heterocycles. The van der Waals surface area contributed by atoms with E-state index in [4.69, 9.17) is 23.2 Å². The fourth-order valence-corrected chi connectivity index (χ4v) is 2.92. The summed E-state index contributed by atoms with van der Waals surface area (Å²) in [6.45, 7) is 1.92. The highest BCUT2D eigenvalue weighted by Gasteiger charge is 2.16. The van der Waals surface area contributed by atoms with Crippen LogP contribution in [0.2, 0.25) is 5.02 Å². The number of hydrogen-bond donors (Lipinski definition) is 0. The normalized spacial score (nSPS) is 12.8. The van der Waals surface area contributed by atoms with Gasteiger partial charge >= 0.3 is 0 Å². The van der Waals surface area contributed by atoms with E-state index in [1.54, 1.807) is 0 Å². The van der Waals surface area contributed by atoms with Crippen LogP contribution in [0.5, 0.6) is 0 Å². The number of rotatable bonds is 2. The van der Waals surface area contributed by atoms with Crippen LogP contribution in [0.25, 0.3) is 16.7 Å². The third-order valence-electron chi connectivity index (χ3n) is 3.06. The number of imidazole rings is 1. The van der Waals surface area contributed by atoms with E-state index in [2.05, 4.69) is 20.9 Å². The highest BCUT2D eigenvalue weighted by molar-refractivity contribution is 9.10. The number of aromatic nitrogens is 2. The molecule has 1 unspecified atom stereocenters. The van der Waals surface area contributed by atoms with Gasteiger partial charge in [-0.1, -0.05) is 33.6 Å². The van der Waals surface area contributed by atoms with Crippen LogP contribution in [0.1, 0.15) is 18.1 Å². The van der Waals surface area contributed by atoms with E-state index < -0.39 is 0 Å². The summed E-state index contributed by atoms with van der Waals surface area (Å²) in [6.07, 6.45) is 0. The Labute approximate surface area is 135 Å². The van der Waals surface area contributed by atoms with E-state index in [-0.39, 0.29) is 5.38 Å². The highest BCUT2D eigenvalue weighted by Crippen LogP contribution is 2.30. The summed E-state index contributed by atoms with van der Waals surface area (Å²) in [5, 5.41) is 0.488. The van der Waals surface area contributed by atoms with Gasteiger partial charge in [-0.2, -0.15) is 0 Å². The van der Waals surface area contributed by atoms with Crippen molar-refractivity contribution in [2.45, 2.75) is 12.3 Å². The second kappa shape index (κ2) is 5.40. The molecule has 0 fully saturated rings. The Morgan fingerprint density at radius 3 is 2.70 bits per heavy atom. The number of alkyl halides is 1. The lowest BCUT2D eigenvalue weighted by molar-refractivity contribution is 0.882. The van der Waals surface area contributed by atoms with Crippen LogP contribution in [-0.4, -0.2) is 9.55 Å². The third-order valence-corrected chi connectivity index (χ3v) is 3.99. The maximum Gasteiger partial charge on any atom is 0.132 e. The van der Waals surface area contributed by atoms with Crippen LogP contribution in [0.3, 0.4) is 0 Å². The summed E-state index contributed by atoms with van der Waals surface area (Å²) < 4.78 is 3.05. The number of halogens is 3. The number of hydrogen-bond acceptors (Lipinski definition) is 1. The molecule has 1 aromatic heterocycles. The van der Waals surface area contributed by atoms with Crippen molar-refractivity contribution in [1.82, 2.24) is 9.55 Å². The van der Waals surface area contributed by atoms with E-state index in [1.165, 1.54) is 0 Å². The van der Waals surface area contributed by atoms with Gasteiger partial charge in [0.25, 0.3) is 0 Å². The van der Waals surface area contributed by atoms with Crippen molar-refractivity contribution in [3.63, 3.8) is 0 Å². The molecule has 0 N–H and O–H groups in total. The zero-order valence-corrected chi connectivity index (χ0v) is 13.7. The van der Waals surface area contributed by atoms with Gasteiger partial charge in [-0.3, -0.25) is 4.57 Å². The molecule has 3 aromatic rings. The molecule has 0 aliphatic carbocycles. The SMILES string of the molecule is CC(Cl)c1nc2ccc(Cl)cc2n1-c1cccc(Br)c1. The largest absolute Gasteiger partial charge is 0.295 e. The van der Waals surface area contributed by atoms with E-state index in [0.29, 0.717) is 5.02 Å². The first-order chi connectivity index (χ1) is 9.56. The molecule has 20 heavy (non-hydrogen) atoms.